The number of rotatable bonds is 9. The lowest BCUT2D eigenvalue weighted by Crippen LogP contribution is -2.17. The zero-order valence-corrected chi connectivity index (χ0v) is 21.2. The third-order valence-electron chi connectivity index (χ3n) is 4.88. The molecule has 0 bridgehead atoms. The summed E-state index contributed by atoms with van der Waals surface area (Å²) in [6.07, 6.45) is 9.79. The van der Waals surface area contributed by atoms with Crippen molar-refractivity contribution in [1.82, 2.24) is 5.48 Å². The molecule has 1 unspecified atom stereocenters. The Hall–Kier alpha value is -2.12. The van der Waals surface area contributed by atoms with Gasteiger partial charge in [-0.15, -0.1) is 0 Å². The third kappa shape index (κ3) is 8.63. The minimum atomic E-state index is -1.82. The standard InChI is InChI=1S/C24H28Cl3NO5/c1-15(2)5-9-19-21(31-4)11-7-18(8-12-22(29)28-30)23(19)32-14-17-6-10-20(16(3)13-17)33-24(25,26)27/h5-8,10-12,16,30H,9,13-14H2,1-4H3,(H,28,29)/b12-8+. The van der Waals surface area contributed by atoms with Crippen LogP contribution in [0.15, 0.2) is 53.3 Å². The molecule has 1 amide bonds. The maximum absolute atomic E-state index is 11.5. The highest BCUT2D eigenvalue weighted by Crippen LogP contribution is 2.37. The Morgan fingerprint density at radius 2 is 2.00 bits per heavy atom. The van der Waals surface area contributed by atoms with Gasteiger partial charge >= 0.3 is 3.98 Å². The zero-order valence-electron chi connectivity index (χ0n) is 19.0. The Labute approximate surface area is 209 Å². The average molecular weight is 517 g/mol. The van der Waals surface area contributed by atoms with Crippen LogP contribution in [0.1, 0.15) is 38.3 Å². The van der Waals surface area contributed by atoms with Crippen LogP contribution in [0.3, 0.4) is 0 Å². The van der Waals surface area contributed by atoms with Crippen LogP contribution in [0, 0.1) is 5.92 Å². The first kappa shape index (κ1) is 27.1. The highest BCUT2D eigenvalue weighted by molar-refractivity contribution is 6.66. The van der Waals surface area contributed by atoms with Crippen LogP contribution in [-0.4, -0.2) is 28.8 Å². The molecule has 33 heavy (non-hydrogen) atoms. The second-order valence-electron chi connectivity index (χ2n) is 7.80. The number of hydroxylamine groups is 1. The van der Waals surface area contributed by atoms with Gasteiger partial charge in [-0.05, 0) is 91.3 Å². The molecule has 2 rings (SSSR count). The Bertz CT molecular complexity index is 973. The van der Waals surface area contributed by atoms with Crippen molar-refractivity contribution in [3.8, 4) is 11.5 Å². The van der Waals surface area contributed by atoms with E-state index in [1.165, 1.54) is 6.08 Å². The van der Waals surface area contributed by atoms with Gasteiger partial charge in [-0.3, -0.25) is 10.0 Å². The Kier molecular flexibility index (Phi) is 10.2. The van der Waals surface area contributed by atoms with Gasteiger partial charge in [-0.25, -0.2) is 5.48 Å². The fourth-order valence-electron chi connectivity index (χ4n) is 3.29. The average Bonchev–Trinajstić information content (AvgIpc) is 2.75. The topological polar surface area (TPSA) is 77.0 Å². The molecule has 1 aliphatic carbocycles. The molecular weight excluding hydrogens is 489 g/mol. The fraction of sp³-hybridized carbons (Fsp3) is 0.375. The molecule has 1 aliphatic rings. The van der Waals surface area contributed by atoms with E-state index in [9.17, 15) is 4.79 Å². The van der Waals surface area contributed by atoms with Crippen LogP contribution in [0.4, 0.5) is 0 Å². The summed E-state index contributed by atoms with van der Waals surface area (Å²) < 4.78 is 15.4. The molecule has 1 aromatic carbocycles. The van der Waals surface area contributed by atoms with Crippen molar-refractivity contribution >= 4 is 46.8 Å². The van der Waals surface area contributed by atoms with Crippen LogP contribution < -0.4 is 15.0 Å². The van der Waals surface area contributed by atoms with Crippen molar-refractivity contribution in [2.24, 2.45) is 5.92 Å². The summed E-state index contributed by atoms with van der Waals surface area (Å²) >= 11 is 17.2. The Balaban J connectivity index is 2.37. The van der Waals surface area contributed by atoms with E-state index in [2.05, 4.69) is 6.08 Å². The van der Waals surface area contributed by atoms with E-state index in [0.29, 0.717) is 42.3 Å². The summed E-state index contributed by atoms with van der Waals surface area (Å²) in [5.41, 5.74) is 5.29. The summed E-state index contributed by atoms with van der Waals surface area (Å²) in [5.74, 6) is 1.22. The number of benzene rings is 1. The second-order valence-corrected chi connectivity index (χ2v) is 9.97. The van der Waals surface area contributed by atoms with E-state index in [1.54, 1.807) is 30.8 Å². The highest BCUT2D eigenvalue weighted by atomic mass is 35.6. The van der Waals surface area contributed by atoms with Crippen molar-refractivity contribution in [3.63, 3.8) is 0 Å². The Morgan fingerprint density at radius 3 is 2.58 bits per heavy atom. The molecular formula is C24H28Cl3NO5. The summed E-state index contributed by atoms with van der Waals surface area (Å²) in [4.78, 5) is 11.5. The largest absolute Gasteiger partial charge is 0.496 e. The highest BCUT2D eigenvalue weighted by Gasteiger charge is 2.27. The first-order valence-electron chi connectivity index (χ1n) is 10.3. The first-order chi connectivity index (χ1) is 15.5. The maximum Gasteiger partial charge on any atom is 0.338 e. The van der Waals surface area contributed by atoms with Gasteiger partial charge in [0.2, 0.25) is 0 Å². The SMILES string of the molecule is COc1ccc(/C=C/C(=O)NO)c(OCC2=CC=C(OC(Cl)(Cl)Cl)C(C)C2)c1CC=C(C)C. The zero-order chi connectivity index (χ0) is 24.6. The van der Waals surface area contributed by atoms with Gasteiger partial charge in [0.25, 0.3) is 5.91 Å². The van der Waals surface area contributed by atoms with Gasteiger partial charge in [0, 0.05) is 23.1 Å². The number of carbonyl (C=O) groups is 1. The van der Waals surface area contributed by atoms with Gasteiger partial charge in [0.1, 0.15) is 23.9 Å². The molecule has 0 saturated heterocycles. The molecule has 0 heterocycles. The first-order valence-corrected chi connectivity index (χ1v) is 11.4. The molecule has 180 valence electrons. The van der Waals surface area contributed by atoms with Crippen molar-refractivity contribution in [2.75, 3.05) is 13.7 Å². The number of carbonyl (C=O) groups excluding carboxylic acids is 1. The molecule has 0 spiro atoms. The van der Waals surface area contributed by atoms with Gasteiger partial charge in [-0.1, -0.05) is 24.6 Å². The number of nitrogens with one attached hydrogen (secondary N) is 1. The molecule has 6 nitrogen and oxygen atoms in total. The number of methoxy groups -OCH3 is 1. The lowest BCUT2D eigenvalue weighted by Gasteiger charge is -2.25. The summed E-state index contributed by atoms with van der Waals surface area (Å²) in [6.45, 7) is 6.31. The minimum absolute atomic E-state index is 0.00676. The normalized spacial score (nSPS) is 16.1. The lowest BCUT2D eigenvalue weighted by atomic mass is 9.94. The molecule has 1 atom stereocenters. The third-order valence-corrected chi connectivity index (χ3v) is 5.11. The monoisotopic (exact) mass is 515 g/mol. The molecule has 0 saturated carbocycles. The van der Waals surface area contributed by atoms with Gasteiger partial charge in [0.05, 0.1) is 7.11 Å². The maximum atomic E-state index is 11.5. The lowest BCUT2D eigenvalue weighted by molar-refractivity contribution is -0.124. The van der Waals surface area contributed by atoms with E-state index < -0.39 is 9.89 Å². The summed E-state index contributed by atoms with van der Waals surface area (Å²) in [7, 11) is 1.60. The molecule has 1 aromatic rings. The van der Waals surface area contributed by atoms with Crippen LogP contribution in [-0.2, 0) is 16.0 Å². The molecule has 0 radical (unpaired) electrons. The molecule has 0 aliphatic heterocycles. The quantitative estimate of drug-likeness (QED) is 0.132. The van der Waals surface area contributed by atoms with Crippen LogP contribution in [0.2, 0.25) is 0 Å². The second kappa shape index (κ2) is 12.4. The van der Waals surface area contributed by atoms with Crippen molar-refractivity contribution < 1.29 is 24.2 Å². The molecule has 9 heteroatoms. The number of hydrogen-bond donors (Lipinski definition) is 2. The van der Waals surface area contributed by atoms with E-state index in [1.807, 2.05) is 32.9 Å². The molecule has 2 N–H and O–H groups in total. The number of alkyl halides is 3. The van der Waals surface area contributed by atoms with E-state index in [4.69, 9.17) is 54.2 Å². The predicted molar refractivity (Wildman–Crippen MR) is 132 cm³/mol. The molecule has 0 aromatic heterocycles. The fourth-order valence-corrected chi connectivity index (χ4v) is 3.56. The number of hydrogen-bond acceptors (Lipinski definition) is 5. The predicted octanol–water partition coefficient (Wildman–Crippen LogP) is 6.30. The minimum Gasteiger partial charge on any atom is -0.496 e. The summed E-state index contributed by atoms with van der Waals surface area (Å²) in [6, 6.07) is 3.62. The van der Waals surface area contributed by atoms with E-state index in [0.717, 1.165) is 16.7 Å². The van der Waals surface area contributed by atoms with Gasteiger partial charge in [-0.2, -0.15) is 0 Å². The smallest absolute Gasteiger partial charge is 0.338 e. The Morgan fingerprint density at radius 1 is 1.27 bits per heavy atom. The van der Waals surface area contributed by atoms with Gasteiger partial charge in [0.15, 0.2) is 0 Å². The van der Waals surface area contributed by atoms with Crippen molar-refractivity contribution in [3.05, 3.63) is 64.5 Å². The van der Waals surface area contributed by atoms with E-state index in [-0.39, 0.29) is 5.92 Å². The summed E-state index contributed by atoms with van der Waals surface area (Å²) in [5, 5.41) is 8.80. The van der Waals surface area contributed by atoms with Crippen LogP contribution >= 0.6 is 34.8 Å². The van der Waals surface area contributed by atoms with Crippen LogP contribution in [0.25, 0.3) is 6.08 Å². The van der Waals surface area contributed by atoms with Gasteiger partial charge < -0.3 is 14.2 Å². The number of halogens is 3. The van der Waals surface area contributed by atoms with E-state index >= 15 is 0 Å². The molecule has 0 fully saturated rings. The number of allylic oxidation sites excluding steroid dienone is 5. The number of amides is 1. The van der Waals surface area contributed by atoms with Crippen molar-refractivity contribution in [1.29, 1.82) is 0 Å². The number of ether oxygens (including phenoxy) is 3. The van der Waals surface area contributed by atoms with Crippen molar-refractivity contribution in [2.45, 2.75) is 37.6 Å². The van der Waals surface area contributed by atoms with Crippen LogP contribution in [0.5, 0.6) is 11.5 Å².